The Balaban J connectivity index is 1.98. The lowest BCUT2D eigenvalue weighted by Crippen LogP contribution is -2.41. The van der Waals surface area contributed by atoms with Gasteiger partial charge in [0, 0.05) is 18.3 Å². The van der Waals surface area contributed by atoms with Gasteiger partial charge in [0.25, 0.3) is 0 Å². The molecule has 85 heavy (non-hydrogen) atoms. The van der Waals surface area contributed by atoms with Gasteiger partial charge in [0.1, 0.15) is 36.2 Å². The van der Waals surface area contributed by atoms with Crippen molar-refractivity contribution in [1.82, 2.24) is 0 Å². The van der Waals surface area contributed by atoms with Gasteiger partial charge in [-0.25, -0.2) is 0 Å². The minimum absolute atomic E-state index is 0.0643. The average Bonchev–Trinajstić information content (AvgIpc) is 2.89. The number of hydrogen-bond acceptors (Lipinski definition) is 10. The highest BCUT2D eigenvalue weighted by atomic mass is 16.5. The summed E-state index contributed by atoms with van der Waals surface area (Å²) in [6.45, 7) is 46.8. The number of rotatable bonds is 20. The van der Waals surface area contributed by atoms with Crippen molar-refractivity contribution < 1.29 is 59.3 Å². The molecule has 4 aromatic carbocycles. The number of phenolic OH excluding ortho intramolecular Hbond substituents is 4. The highest BCUT2D eigenvalue weighted by Gasteiger charge is 2.43. The lowest BCUT2D eigenvalue weighted by molar-refractivity contribution is -0.158. The number of benzene rings is 4. The summed E-state index contributed by atoms with van der Waals surface area (Å²) < 4.78 is 12.6. The van der Waals surface area contributed by atoms with Gasteiger partial charge in [-0.05, 0) is 149 Å². The number of carbonyl (C=O) groups excluding carboxylic acids is 2. The van der Waals surface area contributed by atoms with Crippen LogP contribution in [0.5, 0.6) is 23.0 Å². The Kier molecular flexibility index (Phi) is 21.6. The van der Waals surface area contributed by atoms with E-state index >= 15 is 0 Å². The number of phenols is 4. The van der Waals surface area contributed by atoms with Crippen molar-refractivity contribution in [2.75, 3.05) is 13.2 Å². The Morgan fingerprint density at radius 3 is 0.706 bits per heavy atom. The second kappa shape index (κ2) is 25.7. The Morgan fingerprint density at radius 2 is 0.529 bits per heavy atom. The first-order valence-electron chi connectivity index (χ1n) is 30.5. The van der Waals surface area contributed by atoms with E-state index in [0.29, 0.717) is 33.4 Å². The molecule has 0 spiro atoms. The maximum Gasteiger partial charge on any atom is 0.306 e. The zero-order valence-corrected chi connectivity index (χ0v) is 56.5. The van der Waals surface area contributed by atoms with Gasteiger partial charge in [-0.15, -0.1) is 0 Å². The van der Waals surface area contributed by atoms with E-state index in [-0.39, 0.29) is 74.4 Å². The molecule has 12 heteroatoms. The molecule has 0 fully saturated rings. The molecular formula is C73H108O12. The van der Waals surface area contributed by atoms with Crippen LogP contribution in [0.25, 0.3) is 0 Å². The fourth-order valence-corrected chi connectivity index (χ4v) is 11.4. The molecule has 0 aliphatic carbocycles. The van der Waals surface area contributed by atoms with E-state index in [1.54, 1.807) is 0 Å². The van der Waals surface area contributed by atoms with Gasteiger partial charge in [-0.2, -0.15) is 0 Å². The molecule has 0 saturated carbocycles. The number of carboxylic acid groups (broad SMARTS) is 2. The molecule has 0 aromatic heterocycles. The summed E-state index contributed by atoms with van der Waals surface area (Å²) in [6.07, 6.45) is -0.477. The minimum Gasteiger partial charge on any atom is -0.507 e. The second-order valence-electron chi connectivity index (χ2n) is 32.9. The number of aliphatic carboxylic acids is 2. The van der Waals surface area contributed by atoms with Crippen molar-refractivity contribution in [3.05, 3.63) is 115 Å². The van der Waals surface area contributed by atoms with Gasteiger partial charge in [-0.3, -0.25) is 19.2 Å². The third-order valence-corrected chi connectivity index (χ3v) is 16.5. The molecule has 0 radical (unpaired) electrons. The third kappa shape index (κ3) is 19.0. The van der Waals surface area contributed by atoms with E-state index in [2.05, 4.69) is 0 Å². The summed E-state index contributed by atoms with van der Waals surface area (Å²) in [4.78, 5) is 56.9. The van der Waals surface area contributed by atoms with Crippen LogP contribution in [0.1, 0.15) is 259 Å². The van der Waals surface area contributed by atoms with Crippen molar-refractivity contribution in [1.29, 1.82) is 0 Å². The summed E-state index contributed by atoms with van der Waals surface area (Å²) in [6, 6.07) is 14.9. The predicted molar refractivity (Wildman–Crippen MR) is 342 cm³/mol. The second-order valence-corrected chi connectivity index (χ2v) is 32.9. The number of carbonyl (C=O) groups is 4. The van der Waals surface area contributed by atoms with E-state index in [0.717, 1.165) is 33.4 Å². The first-order valence-corrected chi connectivity index (χ1v) is 30.5. The smallest absolute Gasteiger partial charge is 0.306 e. The summed E-state index contributed by atoms with van der Waals surface area (Å²) in [5, 5.41) is 69.3. The maximum absolute atomic E-state index is 14.4. The zero-order chi connectivity index (χ0) is 65.3. The van der Waals surface area contributed by atoms with Gasteiger partial charge in [0.05, 0.1) is 11.8 Å². The molecule has 472 valence electrons. The fourth-order valence-electron chi connectivity index (χ4n) is 11.4. The number of esters is 2. The van der Waals surface area contributed by atoms with Crippen molar-refractivity contribution in [2.45, 2.75) is 261 Å². The van der Waals surface area contributed by atoms with Crippen molar-refractivity contribution in [3.8, 4) is 23.0 Å². The Hall–Kier alpha value is -6.04. The Labute approximate surface area is 510 Å². The van der Waals surface area contributed by atoms with Crippen LogP contribution in [0.2, 0.25) is 0 Å². The van der Waals surface area contributed by atoms with Gasteiger partial charge < -0.3 is 40.1 Å². The van der Waals surface area contributed by atoms with E-state index in [4.69, 9.17) is 9.47 Å². The highest BCUT2D eigenvalue weighted by molar-refractivity contribution is 5.73. The van der Waals surface area contributed by atoms with Crippen molar-refractivity contribution >= 4 is 23.9 Å². The van der Waals surface area contributed by atoms with Crippen molar-refractivity contribution in [3.63, 3.8) is 0 Å². The maximum atomic E-state index is 14.4. The molecule has 0 bridgehead atoms. The monoisotopic (exact) mass is 1180 g/mol. The van der Waals surface area contributed by atoms with E-state index in [1.807, 2.05) is 215 Å². The molecule has 12 nitrogen and oxygen atoms in total. The number of ether oxygens (including phenoxy) is 2. The van der Waals surface area contributed by atoms with Crippen LogP contribution in [0.3, 0.4) is 0 Å². The van der Waals surface area contributed by atoms with Crippen molar-refractivity contribution in [2.24, 2.45) is 17.3 Å². The molecule has 4 rings (SSSR count). The van der Waals surface area contributed by atoms with Gasteiger partial charge in [0.15, 0.2) is 0 Å². The summed E-state index contributed by atoms with van der Waals surface area (Å²) >= 11 is 0. The van der Waals surface area contributed by atoms with Gasteiger partial charge in [0.2, 0.25) is 0 Å². The van der Waals surface area contributed by atoms with Gasteiger partial charge >= 0.3 is 23.9 Å². The number of hydrogen-bond donors (Lipinski definition) is 6. The first-order chi connectivity index (χ1) is 38.3. The molecule has 0 saturated heterocycles. The van der Waals surface area contributed by atoms with Crippen LogP contribution in [0.15, 0.2) is 48.5 Å². The van der Waals surface area contributed by atoms with Crippen LogP contribution in [0, 0.1) is 17.3 Å². The van der Waals surface area contributed by atoms with Crippen LogP contribution in [0.4, 0.5) is 0 Å². The predicted octanol–water partition coefficient (Wildman–Crippen LogP) is 16.2. The molecule has 4 aromatic rings. The number of aryl methyl sites for hydroxylation is 2. The topological polar surface area (TPSA) is 208 Å². The molecule has 0 amide bonds. The van der Waals surface area contributed by atoms with Crippen LogP contribution >= 0.6 is 0 Å². The quantitative estimate of drug-likeness (QED) is 0.0457. The number of aromatic hydroxyl groups is 4. The highest BCUT2D eigenvalue weighted by Crippen LogP contribution is 2.46. The van der Waals surface area contributed by atoms with Crippen LogP contribution in [-0.4, -0.2) is 67.7 Å². The molecule has 6 N–H and O–H groups in total. The van der Waals surface area contributed by atoms with E-state index in [9.17, 15) is 49.8 Å². The third-order valence-electron chi connectivity index (χ3n) is 16.5. The molecule has 2 unspecified atom stereocenters. The minimum atomic E-state index is -1.63. The largest absolute Gasteiger partial charge is 0.507 e. The lowest BCUT2D eigenvalue weighted by atomic mass is 9.70. The molecular weight excluding hydrogens is 1070 g/mol. The summed E-state index contributed by atoms with van der Waals surface area (Å²) in [5.74, 6) is -5.53. The zero-order valence-electron chi connectivity index (χ0n) is 56.5. The van der Waals surface area contributed by atoms with E-state index < -0.39 is 97.7 Å². The molecule has 2 atom stereocenters. The summed E-state index contributed by atoms with van der Waals surface area (Å²) in [5.41, 5.74) is 2.79. The SMILES string of the molecule is CC(C)(C)c1cc(CCC(=O)OCC(COC(=O)CCc2cc(C(C)(C)C)c(O)c(C(C)(C)C)c2)(CC(Cc2cc(C(C)(C)C)c(O)c(C(C)(C)C)c2)C(=O)O)CC(Cc2cc(C(C)(C)C)c(O)c(C(C)(C)C)c2)C(=O)O)cc(C(C)(C)C)c1O. The Morgan fingerprint density at radius 1 is 0.341 bits per heavy atom. The van der Waals surface area contributed by atoms with E-state index in [1.165, 1.54) is 0 Å². The van der Waals surface area contributed by atoms with Crippen LogP contribution in [-0.2, 0) is 97.7 Å². The summed E-state index contributed by atoms with van der Waals surface area (Å²) in [7, 11) is 0. The number of carboxylic acids is 2. The molecule has 0 aliphatic rings. The first kappa shape index (κ1) is 71.4. The van der Waals surface area contributed by atoms with Gasteiger partial charge in [-0.1, -0.05) is 215 Å². The normalized spacial score (nSPS) is 14.0. The molecule has 0 heterocycles. The Bertz CT molecular complexity index is 2710. The average molecular weight is 1180 g/mol. The van der Waals surface area contributed by atoms with Crippen LogP contribution < -0.4 is 0 Å². The molecule has 0 aliphatic heterocycles. The lowest BCUT2D eigenvalue weighted by Gasteiger charge is -2.37. The fraction of sp³-hybridized carbons (Fsp3) is 0.616. The standard InChI is InChI=1S/C73H108O12/c1-65(2,3)49-31-43(32-50(59(49)76)66(4,5)6)25-27-57(74)84-41-73(39-47(63(80)81)29-45-35-53(69(13,14)15)61(78)54(36-45)70(16,17)18,40-48(64(82)83)30-46-37-55(71(19,20)21)62(79)56(38-46)72(22,23)24)42-85-58(75)28-26-44-33-51(67(7,8)9)60(77)52(34-44)68(10,11)12/h31-38,47-48,76-79H,25-30,39-42H2,1-24H3,(H,80,81)(H,82,83).